The highest BCUT2D eigenvalue weighted by Crippen LogP contribution is 2.22. The second-order valence-electron chi connectivity index (χ2n) is 6.20. The summed E-state index contributed by atoms with van der Waals surface area (Å²) in [5.41, 5.74) is 3.59. The first-order valence-electron chi connectivity index (χ1n) is 8.28. The molecule has 0 aliphatic carbocycles. The van der Waals surface area contributed by atoms with Gasteiger partial charge in [0.2, 0.25) is 0 Å². The zero-order chi connectivity index (χ0) is 16.5. The highest BCUT2D eigenvalue weighted by Gasteiger charge is 2.18. The number of amides is 1. The van der Waals surface area contributed by atoms with Gasteiger partial charge in [0.1, 0.15) is 5.82 Å². The molecular formula is C19H20N4O. The molecule has 1 aliphatic heterocycles. The lowest BCUT2D eigenvalue weighted by atomic mass is 10.1. The summed E-state index contributed by atoms with van der Waals surface area (Å²) in [5.74, 6) is 0.881. The molecule has 5 heteroatoms. The molecule has 5 nitrogen and oxygen atoms in total. The Balaban J connectivity index is 1.68. The van der Waals surface area contributed by atoms with Gasteiger partial charge in [0, 0.05) is 23.8 Å². The third-order valence-corrected chi connectivity index (χ3v) is 4.49. The van der Waals surface area contributed by atoms with Crippen LogP contribution in [0.2, 0.25) is 0 Å². The molecule has 1 amide bonds. The molecule has 122 valence electrons. The van der Waals surface area contributed by atoms with E-state index in [-0.39, 0.29) is 11.9 Å². The minimum Gasteiger partial charge on any atom is -0.348 e. The Hall–Kier alpha value is -2.66. The molecule has 1 saturated heterocycles. The topological polar surface area (TPSA) is 59.0 Å². The summed E-state index contributed by atoms with van der Waals surface area (Å²) in [5, 5.41) is 6.33. The predicted molar refractivity (Wildman–Crippen MR) is 94.5 cm³/mol. The summed E-state index contributed by atoms with van der Waals surface area (Å²) in [6.45, 7) is 3.79. The summed E-state index contributed by atoms with van der Waals surface area (Å²) in [4.78, 5) is 17.1. The van der Waals surface area contributed by atoms with Crippen LogP contribution in [0.3, 0.4) is 0 Å². The monoisotopic (exact) mass is 320 g/mol. The van der Waals surface area contributed by atoms with Crippen molar-refractivity contribution in [2.75, 3.05) is 13.1 Å². The second-order valence-corrected chi connectivity index (χ2v) is 6.20. The number of aryl methyl sites for hydroxylation is 1. The van der Waals surface area contributed by atoms with Crippen LogP contribution in [-0.2, 0) is 0 Å². The van der Waals surface area contributed by atoms with Crippen molar-refractivity contribution in [2.45, 2.75) is 19.4 Å². The molecule has 1 aliphatic rings. The van der Waals surface area contributed by atoms with E-state index < -0.39 is 0 Å². The van der Waals surface area contributed by atoms with Crippen LogP contribution in [0.5, 0.6) is 0 Å². The quantitative estimate of drug-likeness (QED) is 0.779. The standard InChI is InChI=1S/C19H20N4O/c1-13-21-17-11-14(19(24)22-15-9-10-20-12-15)7-8-18(17)23(13)16-5-3-2-4-6-16/h2-8,11,15,20H,9-10,12H2,1H3,(H,22,24). The van der Waals surface area contributed by atoms with Crippen LogP contribution in [-0.4, -0.2) is 34.6 Å². The Kier molecular flexibility index (Phi) is 3.78. The molecule has 0 spiro atoms. The summed E-state index contributed by atoms with van der Waals surface area (Å²) < 4.78 is 2.11. The van der Waals surface area contributed by atoms with E-state index in [1.807, 2.05) is 43.3 Å². The highest BCUT2D eigenvalue weighted by atomic mass is 16.1. The van der Waals surface area contributed by atoms with Crippen molar-refractivity contribution >= 4 is 16.9 Å². The molecule has 1 unspecified atom stereocenters. The van der Waals surface area contributed by atoms with Crippen LogP contribution in [0.4, 0.5) is 0 Å². The van der Waals surface area contributed by atoms with Crippen molar-refractivity contribution in [2.24, 2.45) is 0 Å². The van der Waals surface area contributed by atoms with Gasteiger partial charge in [0.15, 0.2) is 0 Å². The van der Waals surface area contributed by atoms with Crippen LogP contribution in [0.15, 0.2) is 48.5 Å². The fourth-order valence-corrected chi connectivity index (χ4v) is 3.29. The Morgan fingerprint density at radius 2 is 2.08 bits per heavy atom. The number of nitrogens with zero attached hydrogens (tertiary/aromatic N) is 2. The number of imidazole rings is 1. The number of carbonyl (C=O) groups excluding carboxylic acids is 1. The van der Waals surface area contributed by atoms with Crippen molar-refractivity contribution in [3.05, 3.63) is 59.9 Å². The Morgan fingerprint density at radius 3 is 2.83 bits per heavy atom. The number of rotatable bonds is 3. The van der Waals surface area contributed by atoms with Gasteiger partial charge < -0.3 is 10.6 Å². The molecule has 1 fully saturated rings. The van der Waals surface area contributed by atoms with E-state index in [1.54, 1.807) is 0 Å². The maximum Gasteiger partial charge on any atom is 0.251 e. The average Bonchev–Trinajstić information content (AvgIpc) is 3.21. The number of nitrogens with one attached hydrogen (secondary N) is 2. The van der Waals surface area contributed by atoms with Crippen molar-refractivity contribution in [3.8, 4) is 5.69 Å². The van der Waals surface area contributed by atoms with Gasteiger partial charge in [-0.15, -0.1) is 0 Å². The van der Waals surface area contributed by atoms with Crippen molar-refractivity contribution in [1.82, 2.24) is 20.2 Å². The zero-order valence-corrected chi connectivity index (χ0v) is 13.6. The molecule has 3 aromatic rings. The summed E-state index contributed by atoms with van der Waals surface area (Å²) in [7, 11) is 0. The van der Waals surface area contributed by atoms with Crippen LogP contribution < -0.4 is 10.6 Å². The third kappa shape index (κ3) is 2.67. The molecule has 24 heavy (non-hydrogen) atoms. The number of benzene rings is 2. The number of fused-ring (bicyclic) bond motifs is 1. The van der Waals surface area contributed by atoms with Gasteiger partial charge in [-0.2, -0.15) is 0 Å². The van der Waals surface area contributed by atoms with Crippen LogP contribution in [0.1, 0.15) is 22.6 Å². The van der Waals surface area contributed by atoms with Gasteiger partial charge in [-0.3, -0.25) is 9.36 Å². The van der Waals surface area contributed by atoms with E-state index in [2.05, 4.69) is 32.3 Å². The minimum atomic E-state index is -0.0301. The normalized spacial score (nSPS) is 17.3. The summed E-state index contributed by atoms with van der Waals surface area (Å²) in [6, 6.07) is 16.1. The van der Waals surface area contributed by atoms with Crippen LogP contribution >= 0.6 is 0 Å². The molecule has 2 N–H and O–H groups in total. The first-order valence-corrected chi connectivity index (χ1v) is 8.28. The number of aromatic nitrogens is 2. The lowest BCUT2D eigenvalue weighted by Gasteiger charge is -2.11. The SMILES string of the molecule is Cc1nc2cc(C(=O)NC3CCNC3)ccc2n1-c1ccccc1. The first-order chi connectivity index (χ1) is 11.7. The molecule has 2 heterocycles. The van der Waals surface area contributed by atoms with Crippen molar-refractivity contribution in [3.63, 3.8) is 0 Å². The van der Waals surface area contributed by atoms with E-state index >= 15 is 0 Å². The van der Waals surface area contributed by atoms with Gasteiger partial charge in [-0.25, -0.2) is 4.98 Å². The van der Waals surface area contributed by atoms with E-state index in [0.29, 0.717) is 5.56 Å². The maximum absolute atomic E-state index is 12.4. The highest BCUT2D eigenvalue weighted by molar-refractivity contribution is 5.97. The molecule has 0 radical (unpaired) electrons. The summed E-state index contributed by atoms with van der Waals surface area (Å²) in [6.07, 6.45) is 0.982. The number of carbonyl (C=O) groups is 1. The van der Waals surface area contributed by atoms with Crippen molar-refractivity contribution < 1.29 is 4.79 Å². The lowest BCUT2D eigenvalue weighted by molar-refractivity contribution is 0.0940. The third-order valence-electron chi connectivity index (χ3n) is 4.49. The first kappa shape index (κ1) is 14.9. The lowest BCUT2D eigenvalue weighted by Crippen LogP contribution is -2.36. The maximum atomic E-state index is 12.4. The largest absolute Gasteiger partial charge is 0.348 e. The number of para-hydroxylation sites is 1. The van der Waals surface area contributed by atoms with Gasteiger partial charge in [0.25, 0.3) is 5.91 Å². The van der Waals surface area contributed by atoms with Crippen molar-refractivity contribution in [1.29, 1.82) is 0 Å². The fraction of sp³-hybridized carbons (Fsp3) is 0.263. The van der Waals surface area contributed by atoms with E-state index in [0.717, 1.165) is 42.1 Å². The fourth-order valence-electron chi connectivity index (χ4n) is 3.29. The smallest absolute Gasteiger partial charge is 0.251 e. The number of hydrogen-bond donors (Lipinski definition) is 2. The van der Waals surface area contributed by atoms with Crippen LogP contribution in [0, 0.1) is 6.92 Å². The summed E-state index contributed by atoms with van der Waals surface area (Å²) >= 11 is 0. The molecule has 1 atom stereocenters. The predicted octanol–water partition coefficient (Wildman–Crippen LogP) is 2.43. The number of hydrogen-bond acceptors (Lipinski definition) is 3. The molecule has 0 saturated carbocycles. The second kappa shape index (κ2) is 6.09. The molecular weight excluding hydrogens is 300 g/mol. The minimum absolute atomic E-state index is 0.0301. The van der Waals surface area contributed by atoms with E-state index in [1.165, 1.54) is 0 Å². The van der Waals surface area contributed by atoms with Gasteiger partial charge in [-0.05, 0) is 50.2 Å². The Morgan fingerprint density at radius 1 is 1.25 bits per heavy atom. The molecule has 1 aromatic heterocycles. The average molecular weight is 320 g/mol. The van der Waals surface area contributed by atoms with Gasteiger partial charge >= 0.3 is 0 Å². The Labute approximate surface area is 140 Å². The van der Waals surface area contributed by atoms with Crippen LogP contribution in [0.25, 0.3) is 16.7 Å². The van der Waals surface area contributed by atoms with E-state index in [9.17, 15) is 4.79 Å². The van der Waals surface area contributed by atoms with E-state index in [4.69, 9.17) is 0 Å². The molecule has 4 rings (SSSR count). The van der Waals surface area contributed by atoms with Gasteiger partial charge in [-0.1, -0.05) is 18.2 Å². The van der Waals surface area contributed by atoms with Gasteiger partial charge in [0.05, 0.1) is 11.0 Å². The molecule has 0 bridgehead atoms. The zero-order valence-electron chi connectivity index (χ0n) is 13.6. The Bertz CT molecular complexity index is 879. The molecule has 2 aromatic carbocycles.